The highest BCUT2D eigenvalue weighted by Gasteiger charge is 2.26. The Morgan fingerprint density at radius 2 is 1.89 bits per heavy atom. The number of ether oxygens (including phenoxy) is 1. The van der Waals surface area contributed by atoms with Gasteiger partial charge >= 0.3 is 0 Å². The number of nitrogens with zero attached hydrogens (tertiary/aromatic N) is 4. The van der Waals surface area contributed by atoms with Crippen LogP contribution in [0.25, 0.3) is 0 Å². The van der Waals surface area contributed by atoms with Crippen LogP contribution in [0, 0.1) is 0 Å². The normalized spacial score (nSPS) is 22.7. The summed E-state index contributed by atoms with van der Waals surface area (Å²) in [5.74, 6) is 0.945. The monoisotopic (exact) mass is 282 g/mol. The molecule has 1 aromatic heterocycles. The van der Waals surface area contributed by atoms with E-state index < -0.39 is 0 Å². The largest absolute Gasteiger partial charge is 0.379 e. The SMILES string of the molecule is Clc1nccc(N2CCC(N3CCOCC3)CC2)n1. The van der Waals surface area contributed by atoms with Gasteiger partial charge in [-0.3, -0.25) is 4.90 Å². The van der Waals surface area contributed by atoms with Gasteiger partial charge in [-0.25, -0.2) is 9.97 Å². The van der Waals surface area contributed by atoms with Crippen molar-refractivity contribution in [2.45, 2.75) is 18.9 Å². The van der Waals surface area contributed by atoms with Crippen LogP contribution < -0.4 is 4.90 Å². The summed E-state index contributed by atoms with van der Waals surface area (Å²) in [6, 6.07) is 2.62. The Balaban J connectivity index is 1.57. The van der Waals surface area contributed by atoms with E-state index in [-0.39, 0.29) is 0 Å². The van der Waals surface area contributed by atoms with Crippen LogP contribution in [0.5, 0.6) is 0 Å². The lowest BCUT2D eigenvalue weighted by atomic mass is 10.0. The Labute approximate surface area is 118 Å². The molecule has 19 heavy (non-hydrogen) atoms. The third kappa shape index (κ3) is 3.16. The van der Waals surface area contributed by atoms with Crippen molar-refractivity contribution >= 4 is 17.4 Å². The van der Waals surface area contributed by atoms with Gasteiger partial charge in [0.25, 0.3) is 0 Å². The zero-order chi connectivity index (χ0) is 13.1. The first-order chi connectivity index (χ1) is 9.33. The highest BCUT2D eigenvalue weighted by atomic mass is 35.5. The van der Waals surface area contributed by atoms with Crippen molar-refractivity contribution in [3.63, 3.8) is 0 Å². The van der Waals surface area contributed by atoms with Crippen LogP contribution in [0.2, 0.25) is 5.28 Å². The fourth-order valence-corrected chi connectivity index (χ4v) is 3.05. The number of hydrogen-bond donors (Lipinski definition) is 0. The molecule has 0 amide bonds. The summed E-state index contributed by atoms with van der Waals surface area (Å²) in [4.78, 5) is 13.1. The van der Waals surface area contributed by atoms with Gasteiger partial charge in [0, 0.05) is 38.4 Å². The zero-order valence-electron chi connectivity index (χ0n) is 11.0. The Morgan fingerprint density at radius 1 is 1.16 bits per heavy atom. The number of piperidine rings is 1. The summed E-state index contributed by atoms with van der Waals surface area (Å²) in [7, 11) is 0. The van der Waals surface area contributed by atoms with Crippen LogP contribution in [0.1, 0.15) is 12.8 Å². The first-order valence-corrected chi connectivity index (χ1v) is 7.26. The standard InChI is InChI=1S/C13H19ClN4O/c14-13-15-4-1-12(16-13)18-5-2-11(3-6-18)17-7-9-19-10-8-17/h1,4,11H,2-3,5-10H2. The summed E-state index contributed by atoms with van der Waals surface area (Å²) in [5.41, 5.74) is 0. The Kier molecular flexibility index (Phi) is 4.15. The third-order valence-electron chi connectivity index (χ3n) is 3.96. The highest BCUT2D eigenvalue weighted by Crippen LogP contribution is 2.22. The van der Waals surface area contributed by atoms with Gasteiger partial charge in [0.2, 0.25) is 5.28 Å². The molecule has 6 heteroatoms. The molecule has 0 aromatic carbocycles. The Morgan fingerprint density at radius 3 is 2.58 bits per heavy atom. The van der Waals surface area contributed by atoms with Crippen molar-refractivity contribution in [1.82, 2.24) is 14.9 Å². The van der Waals surface area contributed by atoms with Crippen molar-refractivity contribution in [2.75, 3.05) is 44.3 Å². The molecule has 1 aromatic rings. The van der Waals surface area contributed by atoms with Crippen LogP contribution in [0.15, 0.2) is 12.3 Å². The topological polar surface area (TPSA) is 41.5 Å². The number of aromatic nitrogens is 2. The minimum Gasteiger partial charge on any atom is -0.379 e. The van der Waals surface area contributed by atoms with E-state index in [0.717, 1.165) is 45.2 Å². The van der Waals surface area contributed by atoms with E-state index in [2.05, 4.69) is 19.8 Å². The predicted molar refractivity (Wildman–Crippen MR) is 74.7 cm³/mol. The van der Waals surface area contributed by atoms with Gasteiger partial charge in [-0.05, 0) is 30.5 Å². The summed E-state index contributed by atoms with van der Waals surface area (Å²) in [6.45, 7) is 5.97. The molecular formula is C13H19ClN4O. The molecule has 0 aliphatic carbocycles. The van der Waals surface area contributed by atoms with Crippen LogP contribution in [0.4, 0.5) is 5.82 Å². The molecule has 2 saturated heterocycles. The lowest BCUT2D eigenvalue weighted by Crippen LogP contribution is -2.49. The molecule has 2 aliphatic heterocycles. The van der Waals surface area contributed by atoms with Crippen molar-refractivity contribution in [3.05, 3.63) is 17.5 Å². The predicted octanol–water partition coefficient (Wildman–Crippen LogP) is 1.43. The number of rotatable bonds is 2. The molecule has 0 radical (unpaired) electrons. The molecule has 2 aliphatic rings. The number of morpholine rings is 1. The smallest absolute Gasteiger partial charge is 0.224 e. The fraction of sp³-hybridized carbons (Fsp3) is 0.692. The molecule has 2 fully saturated rings. The van der Waals surface area contributed by atoms with E-state index in [9.17, 15) is 0 Å². The van der Waals surface area contributed by atoms with Crippen LogP contribution in [-0.2, 0) is 4.74 Å². The van der Waals surface area contributed by atoms with E-state index in [1.54, 1.807) is 6.20 Å². The van der Waals surface area contributed by atoms with Gasteiger partial charge in [-0.15, -0.1) is 0 Å². The van der Waals surface area contributed by atoms with Gasteiger partial charge < -0.3 is 9.64 Å². The maximum absolute atomic E-state index is 5.84. The lowest BCUT2D eigenvalue weighted by molar-refractivity contribution is 0.0115. The van der Waals surface area contributed by atoms with E-state index in [1.807, 2.05) is 6.07 Å². The highest BCUT2D eigenvalue weighted by molar-refractivity contribution is 6.28. The van der Waals surface area contributed by atoms with E-state index in [4.69, 9.17) is 16.3 Å². The minimum absolute atomic E-state index is 0.327. The number of anilines is 1. The molecule has 0 atom stereocenters. The van der Waals surface area contributed by atoms with Crippen molar-refractivity contribution in [2.24, 2.45) is 0 Å². The summed E-state index contributed by atoms with van der Waals surface area (Å²) in [6.07, 6.45) is 4.09. The fourth-order valence-electron chi connectivity index (χ4n) is 2.90. The van der Waals surface area contributed by atoms with Gasteiger partial charge in [-0.1, -0.05) is 0 Å². The summed E-state index contributed by atoms with van der Waals surface area (Å²) in [5, 5.41) is 0.327. The second-order valence-electron chi connectivity index (χ2n) is 5.05. The Hall–Kier alpha value is -0.910. The van der Waals surface area contributed by atoms with Crippen LogP contribution >= 0.6 is 11.6 Å². The van der Waals surface area contributed by atoms with Crippen molar-refractivity contribution in [1.29, 1.82) is 0 Å². The molecule has 0 saturated carbocycles. The van der Waals surface area contributed by atoms with Gasteiger partial charge in [-0.2, -0.15) is 0 Å². The quantitative estimate of drug-likeness (QED) is 0.768. The van der Waals surface area contributed by atoms with Crippen molar-refractivity contribution in [3.8, 4) is 0 Å². The van der Waals surface area contributed by atoms with Crippen LogP contribution in [0.3, 0.4) is 0 Å². The van der Waals surface area contributed by atoms with E-state index in [1.165, 1.54) is 12.8 Å². The average molecular weight is 283 g/mol. The number of hydrogen-bond acceptors (Lipinski definition) is 5. The lowest BCUT2D eigenvalue weighted by Gasteiger charge is -2.40. The van der Waals surface area contributed by atoms with Crippen molar-refractivity contribution < 1.29 is 4.74 Å². The molecule has 0 bridgehead atoms. The molecular weight excluding hydrogens is 264 g/mol. The Bertz CT molecular complexity index is 417. The maximum Gasteiger partial charge on any atom is 0.224 e. The second kappa shape index (κ2) is 6.03. The molecule has 5 nitrogen and oxygen atoms in total. The second-order valence-corrected chi connectivity index (χ2v) is 5.39. The molecule has 3 rings (SSSR count). The summed E-state index contributed by atoms with van der Waals surface area (Å²) >= 11 is 5.84. The first kappa shape index (κ1) is 13.1. The molecule has 3 heterocycles. The van der Waals surface area contributed by atoms with Crippen LogP contribution in [-0.4, -0.2) is 60.3 Å². The third-order valence-corrected chi connectivity index (χ3v) is 4.14. The summed E-state index contributed by atoms with van der Waals surface area (Å²) < 4.78 is 5.41. The van der Waals surface area contributed by atoms with E-state index >= 15 is 0 Å². The molecule has 0 spiro atoms. The van der Waals surface area contributed by atoms with Gasteiger partial charge in [0.15, 0.2) is 0 Å². The van der Waals surface area contributed by atoms with Gasteiger partial charge in [0.1, 0.15) is 5.82 Å². The van der Waals surface area contributed by atoms with Gasteiger partial charge in [0.05, 0.1) is 13.2 Å². The maximum atomic E-state index is 5.84. The van der Waals surface area contributed by atoms with E-state index in [0.29, 0.717) is 11.3 Å². The molecule has 0 N–H and O–H groups in total. The zero-order valence-corrected chi connectivity index (χ0v) is 11.7. The molecule has 0 unspecified atom stereocenters. The minimum atomic E-state index is 0.327. The molecule has 104 valence electrons. The first-order valence-electron chi connectivity index (χ1n) is 6.88. The average Bonchev–Trinajstić information content (AvgIpc) is 2.48. The number of halogens is 1.